The van der Waals surface area contributed by atoms with Gasteiger partial charge in [-0.05, 0) is 48.0 Å². The molecule has 0 spiro atoms. The molecule has 1 heterocycles. The van der Waals surface area contributed by atoms with E-state index in [9.17, 15) is 19.1 Å². The van der Waals surface area contributed by atoms with E-state index in [1.807, 2.05) is 6.07 Å². The lowest BCUT2D eigenvalue weighted by Crippen LogP contribution is -2.46. The van der Waals surface area contributed by atoms with Crippen LogP contribution in [0.5, 0.6) is 0 Å². The van der Waals surface area contributed by atoms with Crippen LogP contribution in [-0.4, -0.2) is 27.9 Å². The molecule has 5 nitrogen and oxygen atoms in total. The average molecular weight is 512 g/mol. The first-order valence-corrected chi connectivity index (χ1v) is 11.4. The minimum absolute atomic E-state index is 0.0740. The molecular weight excluding hydrogens is 492 g/mol. The minimum atomic E-state index is -1.21. The molecule has 4 aromatic rings. The first kappa shape index (κ1) is 24.5. The number of carboxylic acid groups (broad SMARTS) is 1. The highest BCUT2D eigenvalue weighted by molar-refractivity contribution is 6.36. The van der Waals surface area contributed by atoms with E-state index in [1.165, 1.54) is 35.2 Å². The fraction of sp³-hybridized carbons (Fsp3) is 0.111. The van der Waals surface area contributed by atoms with Crippen molar-refractivity contribution in [3.8, 4) is 11.3 Å². The molecule has 0 bridgehead atoms. The lowest BCUT2D eigenvalue weighted by Gasteiger charge is -2.29. The lowest BCUT2D eigenvalue weighted by molar-refractivity contribution is -0.142. The maximum atomic E-state index is 13.6. The second-order valence-corrected chi connectivity index (χ2v) is 8.72. The highest BCUT2D eigenvalue weighted by Crippen LogP contribution is 2.27. The Balaban J connectivity index is 1.70. The van der Waals surface area contributed by atoms with E-state index in [1.54, 1.807) is 48.5 Å². The minimum Gasteiger partial charge on any atom is -0.480 e. The number of carbonyl (C=O) groups is 2. The smallest absolute Gasteiger partial charge is 0.326 e. The Morgan fingerprint density at radius 2 is 1.71 bits per heavy atom. The normalized spacial score (nSPS) is 11.7. The highest BCUT2D eigenvalue weighted by atomic mass is 35.5. The van der Waals surface area contributed by atoms with Crippen molar-refractivity contribution in [2.45, 2.75) is 19.0 Å². The summed E-state index contributed by atoms with van der Waals surface area (Å²) in [7, 11) is 0. The van der Waals surface area contributed by atoms with Crippen molar-refractivity contribution in [3.05, 3.63) is 118 Å². The monoisotopic (exact) mass is 511 g/mol. The zero-order valence-corrected chi connectivity index (χ0v) is 19.8. The molecule has 0 aliphatic heterocycles. The van der Waals surface area contributed by atoms with Crippen LogP contribution in [0.4, 0.5) is 4.39 Å². The van der Waals surface area contributed by atoms with Crippen LogP contribution in [0.15, 0.2) is 89.3 Å². The van der Waals surface area contributed by atoms with Crippen LogP contribution in [0.2, 0.25) is 10.0 Å². The first-order valence-electron chi connectivity index (χ1n) is 10.7. The van der Waals surface area contributed by atoms with Crippen molar-refractivity contribution < 1.29 is 23.5 Å². The van der Waals surface area contributed by atoms with E-state index in [-0.39, 0.29) is 23.6 Å². The van der Waals surface area contributed by atoms with Gasteiger partial charge in [0.2, 0.25) is 0 Å². The van der Waals surface area contributed by atoms with Gasteiger partial charge < -0.3 is 14.4 Å². The Morgan fingerprint density at radius 3 is 2.40 bits per heavy atom. The SMILES string of the molecule is O=C(O)C(Cc1ccccc1)N(Cc1ccc(-c2cccc(F)c2)o1)C(=O)c1ccc(Cl)cc1Cl. The van der Waals surface area contributed by atoms with Crippen molar-refractivity contribution in [2.24, 2.45) is 0 Å². The fourth-order valence-corrected chi connectivity index (χ4v) is 4.23. The lowest BCUT2D eigenvalue weighted by atomic mass is 10.0. The van der Waals surface area contributed by atoms with Crippen LogP contribution in [0.1, 0.15) is 21.7 Å². The van der Waals surface area contributed by atoms with Crippen molar-refractivity contribution in [1.82, 2.24) is 4.90 Å². The summed E-state index contributed by atoms with van der Waals surface area (Å²) in [5.74, 6) is -1.44. The number of rotatable bonds is 8. The van der Waals surface area contributed by atoms with E-state index >= 15 is 0 Å². The zero-order chi connectivity index (χ0) is 24.9. The van der Waals surface area contributed by atoms with Gasteiger partial charge >= 0.3 is 5.97 Å². The standard InChI is InChI=1S/C27H20Cl2FNO4/c28-19-9-11-22(23(29)15-19)26(32)31(24(27(33)34)13-17-5-2-1-3-6-17)16-21-10-12-25(35-21)18-7-4-8-20(30)14-18/h1-12,14-15,24H,13,16H2,(H,33,34). The molecular formula is C27H20Cl2FNO4. The molecule has 0 saturated carbocycles. The molecule has 0 fully saturated rings. The van der Waals surface area contributed by atoms with Crippen molar-refractivity contribution in [2.75, 3.05) is 0 Å². The third-order valence-corrected chi connectivity index (χ3v) is 6.00. The van der Waals surface area contributed by atoms with E-state index in [0.29, 0.717) is 22.1 Å². The molecule has 0 saturated heterocycles. The molecule has 4 rings (SSSR count). The predicted molar refractivity (Wildman–Crippen MR) is 132 cm³/mol. The molecule has 8 heteroatoms. The van der Waals surface area contributed by atoms with Gasteiger partial charge in [-0.25, -0.2) is 9.18 Å². The van der Waals surface area contributed by atoms with Gasteiger partial charge in [-0.1, -0.05) is 65.7 Å². The zero-order valence-electron chi connectivity index (χ0n) is 18.3. The molecule has 1 aromatic heterocycles. The Hall–Kier alpha value is -3.61. The van der Waals surface area contributed by atoms with E-state index < -0.39 is 23.7 Å². The Labute approximate surface area is 211 Å². The fourth-order valence-electron chi connectivity index (χ4n) is 3.74. The Morgan fingerprint density at radius 1 is 0.943 bits per heavy atom. The van der Waals surface area contributed by atoms with E-state index in [2.05, 4.69) is 0 Å². The summed E-state index contributed by atoms with van der Waals surface area (Å²) in [4.78, 5) is 27.1. The van der Waals surface area contributed by atoms with Gasteiger partial charge in [0, 0.05) is 17.0 Å². The quantitative estimate of drug-likeness (QED) is 0.284. The van der Waals surface area contributed by atoms with E-state index in [0.717, 1.165) is 5.56 Å². The summed E-state index contributed by atoms with van der Waals surface area (Å²) < 4.78 is 19.5. The number of hydrogen-bond acceptors (Lipinski definition) is 3. The number of aliphatic carboxylic acids is 1. The summed E-state index contributed by atoms with van der Waals surface area (Å²) in [5, 5.41) is 10.5. The van der Waals surface area contributed by atoms with Gasteiger partial charge in [0.15, 0.2) is 0 Å². The highest BCUT2D eigenvalue weighted by Gasteiger charge is 2.32. The summed E-state index contributed by atoms with van der Waals surface area (Å²) in [5.41, 5.74) is 1.39. The number of carbonyl (C=O) groups excluding carboxylic acids is 1. The molecule has 1 amide bonds. The average Bonchev–Trinajstić information content (AvgIpc) is 3.30. The van der Waals surface area contributed by atoms with Crippen molar-refractivity contribution >= 4 is 35.1 Å². The van der Waals surface area contributed by atoms with Crippen LogP contribution >= 0.6 is 23.2 Å². The topological polar surface area (TPSA) is 70.8 Å². The van der Waals surface area contributed by atoms with Gasteiger partial charge in [0.1, 0.15) is 23.4 Å². The maximum Gasteiger partial charge on any atom is 0.326 e. The van der Waals surface area contributed by atoms with Gasteiger partial charge in [0.25, 0.3) is 5.91 Å². The molecule has 0 aliphatic rings. The number of amides is 1. The second kappa shape index (κ2) is 10.8. The molecule has 1 atom stereocenters. The molecule has 1 N–H and O–H groups in total. The van der Waals surface area contributed by atoms with Gasteiger partial charge in [-0.3, -0.25) is 4.79 Å². The Kier molecular flexibility index (Phi) is 7.54. The van der Waals surface area contributed by atoms with Gasteiger partial charge in [0.05, 0.1) is 17.1 Å². The molecule has 0 aliphatic carbocycles. The molecule has 178 valence electrons. The van der Waals surface area contributed by atoms with Crippen LogP contribution in [0.3, 0.4) is 0 Å². The second-order valence-electron chi connectivity index (χ2n) is 7.88. The van der Waals surface area contributed by atoms with Gasteiger partial charge in [-0.15, -0.1) is 0 Å². The largest absolute Gasteiger partial charge is 0.480 e. The van der Waals surface area contributed by atoms with Crippen LogP contribution in [0.25, 0.3) is 11.3 Å². The van der Waals surface area contributed by atoms with Crippen molar-refractivity contribution in [1.29, 1.82) is 0 Å². The number of hydrogen-bond donors (Lipinski definition) is 1. The molecule has 1 unspecified atom stereocenters. The van der Waals surface area contributed by atoms with Crippen molar-refractivity contribution in [3.63, 3.8) is 0 Å². The van der Waals surface area contributed by atoms with Crippen LogP contribution in [-0.2, 0) is 17.8 Å². The molecule has 35 heavy (non-hydrogen) atoms. The third-order valence-electron chi connectivity index (χ3n) is 5.45. The number of nitrogens with zero attached hydrogens (tertiary/aromatic N) is 1. The predicted octanol–water partition coefficient (Wildman–Crippen LogP) is 6.73. The maximum absolute atomic E-state index is 13.6. The third kappa shape index (κ3) is 5.91. The Bertz CT molecular complexity index is 1360. The molecule has 0 radical (unpaired) electrons. The number of furan rings is 1. The number of halogens is 3. The summed E-state index contributed by atoms with van der Waals surface area (Å²) >= 11 is 12.3. The first-order chi connectivity index (χ1) is 16.8. The van der Waals surface area contributed by atoms with Crippen LogP contribution in [0, 0.1) is 5.82 Å². The summed E-state index contributed by atoms with van der Waals surface area (Å²) in [6.07, 6.45) is 0.0740. The number of carboxylic acids is 1. The molecule has 3 aromatic carbocycles. The number of benzene rings is 3. The van der Waals surface area contributed by atoms with Crippen LogP contribution < -0.4 is 0 Å². The van der Waals surface area contributed by atoms with Gasteiger partial charge in [-0.2, -0.15) is 0 Å². The summed E-state index contributed by atoms with van der Waals surface area (Å²) in [6, 6.07) is 21.4. The summed E-state index contributed by atoms with van der Waals surface area (Å²) in [6.45, 7) is -0.142. The van der Waals surface area contributed by atoms with E-state index in [4.69, 9.17) is 27.6 Å².